The van der Waals surface area contributed by atoms with E-state index in [1.54, 1.807) is 18.2 Å². The van der Waals surface area contributed by atoms with E-state index in [1.807, 2.05) is 37.3 Å². The standard InChI is InChI=1S/C24H17N5O4S/c1-14-7-8-16(29(31)32)12-18(14)20-10-9-17(33-20)13-19-22(25)28-24(26-23(19)30)34-21(27-28)11-15-5-3-2-4-6-15/h2-10,12-13,25H,11H2,1H3/b19-13-,25-22?. The molecule has 0 fully saturated rings. The Bertz CT molecular complexity index is 1440. The van der Waals surface area contributed by atoms with E-state index in [0.717, 1.165) is 16.2 Å². The molecule has 0 saturated carbocycles. The Kier molecular flexibility index (Phi) is 5.42. The highest BCUT2D eigenvalue weighted by Gasteiger charge is 2.35. The van der Waals surface area contributed by atoms with Gasteiger partial charge in [-0.25, -0.2) is 0 Å². The molecule has 0 bridgehead atoms. The lowest BCUT2D eigenvalue weighted by Gasteiger charge is -2.19. The van der Waals surface area contributed by atoms with Crippen molar-refractivity contribution in [3.63, 3.8) is 0 Å². The highest BCUT2D eigenvalue weighted by Crippen LogP contribution is 2.32. The minimum atomic E-state index is -0.551. The summed E-state index contributed by atoms with van der Waals surface area (Å²) in [7, 11) is 0. The number of nitro groups is 1. The third kappa shape index (κ3) is 4.06. The molecule has 2 aliphatic heterocycles. The number of benzene rings is 2. The quantitative estimate of drug-likeness (QED) is 0.316. The highest BCUT2D eigenvalue weighted by molar-refractivity contribution is 8.26. The van der Waals surface area contributed by atoms with Crippen LogP contribution in [-0.2, 0) is 11.2 Å². The Hall–Kier alpha value is -4.31. The number of amides is 1. The summed E-state index contributed by atoms with van der Waals surface area (Å²) < 4.78 is 5.84. The molecular weight excluding hydrogens is 454 g/mol. The second-order valence-corrected chi connectivity index (χ2v) is 8.67. The van der Waals surface area contributed by atoms with Crippen molar-refractivity contribution < 1.29 is 14.1 Å². The van der Waals surface area contributed by atoms with Gasteiger partial charge in [0.1, 0.15) is 16.6 Å². The van der Waals surface area contributed by atoms with Gasteiger partial charge in [0.25, 0.3) is 11.6 Å². The van der Waals surface area contributed by atoms with Gasteiger partial charge in [-0.1, -0.05) is 36.4 Å². The molecular formula is C24H17N5O4S. The molecule has 2 aliphatic rings. The summed E-state index contributed by atoms with van der Waals surface area (Å²) in [5.41, 5.74) is 2.46. The van der Waals surface area contributed by atoms with Gasteiger partial charge < -0.3 is 4.42 Å². The Morgan fingerprint density at radius 2 is 1.97 bits per heavy atom. The summed E-state index contributed by atoms with van der Waals surface area (Å²) in [6, 6.07) is 17.6. The number of non-ortho nitro benzene ring substituents is 1. The first-order chi connectivity index (χ1) is 16.4. The van der Waals surface area contributed by atoms with Crippen LogP contribution in [0.4, 0.5) is 5.69 Å². The summed E-state index contributed by atoms with van der Waals surface area (Å²) in [5.74, 6) is 0.111. The van der Waals surface area contributed by atoms with E-state index in [0.29, 0.717) is 28.7 Å². The van der Waals surface area contributed by atoms with E-state index in [1.165, 1.54) is 35.0 Å². The van der Waals surface area contributed by atoms with Crippen LogP contribution in [0.3, 0.4) is 0 Å². The van der Waals surface area contributed by atoms with Gasteiger partial charge in [0, 0.05) is 24.1 Å². The van der Waals surface area contributed by atoms with E-state index in [-0.39, 0.29) is 17.1 Å². The number of rotatable bonds is 5. The van der Waals surface area contributed by atoms with Gasteiger partial charge in [0.2, 0.25) is 5.17 Å². The van der Waals surface area contributed by atoms with Gasteiger partial charge in [-0.15, -0.1) is 0 Å². The van der Waals surface area contributed by atoms with Gasteiger partial charge in [0.05, 0.1) is 10.5 Å². The number of amidine groups is 2. The van der Waals surface area contributed by atoms with E-state index >= 15 is 0 Å². The summed E-state index contributed by atoms with van der Waals surface area (Å²) in [5, 5.41) is 26.6. The van der Waals surface area contributed by atoms with Crippen LogP contribution in [0.1, 0.15) is 16.9 Å². The van der Waals surface area contributed by atoms with Crippen molar-refractivity contribution in [3.05, 3.63) is 93.2 Å². The fourth-order valence-electron chi connectivity index (χ4n) is 3.58. The SMILES string of the molecule is Cc1ccc([N+](=O)[O-])cc1-c1ccc(/C=C2/C(=N)N3N=C(Cc4ccccc4)SC3=NC2=O)o1. The number of hydrazone groups is 1. The van der Waals surface area contributed by atoms with Crippen LogP contribution in [0.15, 0.2) is 80.7 Å². The molecule has 1 aromatic heterocycles. The molecule has 168 valence electrons. The van der Waals surface area contributed by atoms with Gasteiger partial charge >= 0.3 is 0 Å². The molecule has 9 nitrogen and oxygen atoms in total. The molecule has 0 saturated heterocycles. The van der Waals surface area contributed by atoms with Gasteiger partial charge in [-0.05, 0) is 48.0 Å². The summed E-state index contributed by atoms with van der Waals surface area (Å²) in [4.78, 5) is 27.4. The third-order valence-electron chi connectivity index (χ3n) is 5.31. The van der Waals surface area contributed by atoms with Crippen molar-refractivity contribution in [1.29, 1.82) is 5.41 Å². The van der Waals surface area contributed by atoms with Gasteiger partial charge in [-0.2, -0.15) is 15.1 Å². The number of hydrogen-bond donors (Lipinski definition) is 1. The van der Waals surface area contributed by atoms with Crippen LogP contribution in [0.25, 0.3) is 17.4 Å². The molecule has 34 heavy (non-hydrogen) atoms. The number of fused-ring (bicyclic) bond motifs is 1. The lowest BCUT2D eigenvalue weighted by molar-refractivity contribution is -0.384. The number of carbonyl (C=O) groups is 1. The summed E-state index contributed by atoms with van der Waals surface area (Å²) in [6.07, 6.45) is 2.02. The number of aliphatic imine (C=N–C) groups is 1. The number of hydrogen-bond acceptors (Lipinski definition) is 7. The van der Waals surface area contributed by atoms with Crippen LogP contribution in [0, 0.1) is 22.4 Å². The molecule has 0 atom stereocenters. The fraction of sp³-hybridized carbons (Fsp3) is 0.0833. The Morgan fingerprint density at radius 3 is 2.74 bits per heavy atom. The van der Waals surface area contributed by atoms with Crippen LogP contribution in [-0.4, -0.2) is 31.9 Å². The zero-order valence-corrected chi connectivity index (χ0v) is 18.7. The molecule has 0 unspecified atom stereocenters. The van der Waals surface area contributed by atoms with Crippen molar-refractivity contribution in [2.45, 2.75) is 13.3 Å². The lowest BCUT2D eigenvalue weighted by atomic mass is 10.1. The van der Waals surface area contributed by atoms with Gasteiger partial charge in [0.15, 0.2) is 5.84 Å². The second kappa shape index (κ2) is 8.56. The normalized spacial score (nSPS) is 16.5. The second-order valence-electron chi connectivity index (χ2n) is 7.63. The van der Waals surface area contributed by atoms with Crippen molar-refractivity contribution in [3.8, 4) is 11.3 Å². The molecule has 2 aromatic carbocycles. The molecule has 3 aromatic rings. The van der Waals surface area contributed by atoms with Crippen LogP contribution in [0.5, 0.6) is 0 Å². The first-order valence-corrected chi connectivity index (χ1v) is 11.1. The van der Waals surface area contributed by atoms with Crippen LogP contribution < -0.4 is 0 Å². The fourth-order valence-corrected chi connectivity index (χ4v) is 4.50. The van der Waals surface area contributed by atoms with Crippen LogP contribution >= 0.6 is 11.8 Å². The smallest absolute Gasteiger partial charge is 0.283 e. The molecule has 1 amide bonds. The average molecular weight is 471 g/mol. The predicted molar refractivity (Wildman–Crippen MR) is 131 cm³/mol. The Balaban J connectivity index is 1.41. The number of aryl methyl sites for hydroxylation is 1. The number of nitro benzene ring substituents is 1. The maximum absolute atomic E-state index is 12.7. The molecule has 0 radical (unpaired) electrons. The average Bonchev–Trinajstić information content (AvgIpc) is 3.44. The van der Waals surface area contributed by atoms with Crippen molar-refractivity contribution in [2.24, 2.45) is 10.1 Å². The first kappa shape index (κ1) is 21.5. The summed E-state index contributed by atoms with van der Waals surface area (Å²) >= 11 is 1.27. The monoisotopic (exact) mass is 471 g/mol. The van der Waals surface area contributed by atoms with Gasteiger partial charge in [-0.3, -0.25) is 20.3 Å². The van der Waals surface area contributed by atoms with E-state index in [4.69, 9.17) is 9.83 Å². The van der Waals surface area contributed by atoms with E-state index in [2.05, 4.69) is 10.1 Å². The zero-order valence-electron chi connectivity index (χ0n) is 17.9. The van der Waals surface area contributed by atoms with E-state index < -0.39 is 10.8 Å². The topological polar surface area (TPSA) is 125 Å². The van der Waals surface area contributed by atoms with Crippen molar-refractivity contribution in [1.82, 2.24) is 5.01 Å². The highest BCUT2D eigenvalue weighted by atomic mass is 32.2. The first-order valence-electron chi connectivity index (χ1n) is 10.3. The number of nitrogens with zero attached hydrogens (tertiary/aromatic N) is 4. The minimum Gasteiger partial charge on any atom is -0.457 e. The molecule has 5 rings (SSSR count). The Labute approximate surface area is 198 Å². The summed E-state index contributed by atoms with van der Waals surface area (Å²) in [6.45, 7) is 1.83. The van der Waals surface area contributed by atoms with Crippen molar-refractivity contribution >= 4 is 45.5 Å². The third-order valence-corrected chi connectivity index (χ3v) is 6.21. The number of thioether (sulfide) groups is 1. The lowest BCUT2D eigenvalue weighted by Crippen LogP contribution is -2.35. The molecule has 3 heterocycles. The van der Waals surface area contributed by atoms with Crippen molar-refractivity contribution in [2.75, 3.05) is 0 Å². The van der Waals surface area contributed by atoms with Crippen LogP contribution in [0.2, 0.25) is 0 Å². The molecule has 0 aliphatic carbocycles. The Morgan fingerprint density at radius 1 is 1.18 bits per heavy atom. The number of nitrogens with one attached hydrogen (secondary N) is 1. The molecule has 1 N–H and O–H groups in total. The largest absolute Gasteiger partial charge is 0.457 e. The molecule has 0 spiro atoms. The zero-order chi connectivity index (χ0) is 23.8. The minimum absolute atomic E-state index is 0.0429. The maximum Gasteiger partial charge on any atom is 0.283 e. The molecule has 10 heteroatoms. The van der Waals surface area contributed by atoms with E-state index in [9.17, 15) is 14.9 Å². The maximum atomic E-state index is 12.7. The number of carbonyl (C=O) groups excluding carboxylic acids is 1. The predicted octanol–water partition coefficient (Wildman–Crippen LogP) is 5.03. The number of furan rings is 1.